The summed E-state index contributed by atoms with van der Waals surface area (Å²) in [6.45, 7) is 3.91. The first-order chi connectivity index (χ1) is 16.4. The van der Waals surface area contributed by atoms with Crippen molar-refractivity contribution in [3.05, 3.63) is 71.8 Å². The van der Waals surface area contributed by atoms with Crippen molar-refractivity contribution in [1.82, 2.24) is 35.3 Å². The summed E-state index contributed by atoms with van der Waals surface area (Å²) >= 11 is 0. The number of halogens is 1. The summed E-state index contributed by atoms with van der Waals surface area (Å²) in [5.41, 5.74) is 0.692. The lowest BCUT2D eigenvalue weighted by molar-refractivity contribution is -0.134. The number of hydrogen-bond acceptors (Lipinski definition) is 7. The molecule has 0 unspecified atom stereocenters. The number of hydrogen-bond donors (Lipinski definition) is 3. The molecule has 0 aliphatic carbocycles. The van der Waals surface area contributed by atoms with Gasteiger partial charge in [-0.2, -0.15) is 10.2 Å². The van der Waals surface area contributed by atoms with Crippen LogP contribution in [0.25, 0.3) is 5.82 Å². The second kappa shape index (κ2) is 8.58. The first-order valence-corrected chi connectivity index (χ1v) is 10.8. The van der Waals surface area contributed by atoms with Gasteiger partial charge in [-0.15, -0.1) is 0 Å². The minimum Gasteiger partial charge on any atom is -0.349 e. The van der Waals surface area contributed by atoms with E-state index >= 15 is 4.39 Å². The molecule has 0 bridgehead atoms. The van der Waals surface area contributed by atoms with Crippen LogP contribution in [-0.4, -0.2) is 54.6 Å². The van der Waals surface area contributed by atoms with Gasteiger partial charge < -0.3 is 15.5 Å². The van der Waals surface area contributed by atoms with Crippen LogP contribution in [-0.2, 0) is 11.3 Å². The molecule has 0 spiro atoms. The smallest absolute Gasteiger partial charge is 0.261 e. The highest BCUT2D eigenvalue weighted by Gasteiger charge is 2.50. The van der Waals surface area contributed by atoms with Gasteiger partial charge in [0.05, 0.1) is 13.1 Å². The van der Waals surface area contributed by atoms with Gasteiger partial charge in [-0.05, 0) is 49.2 Å². The summed E-state index contributed by atoms with van der Waals surface area (Å²) in [7, 11) is 0. The van der Waals surface area contributed by atoms with Crippen LogP contribution in [0, 0.1) is 13.8 Å². The van der Waals surface area contributed by atoms with Crippen LogP contribution in [0.4, 0.5) is 21.8 Å². The molecule has 5 rings (SSSR count). The van der Waals surface area contributed by atoms with E-state index < -0.39 is 11.6 Å². The zero-order valence-electron chi connectivity index (χ0n) is 18.8. The monoisotopic (exact) mass is 461 g/mol. The van der Waals surface area contributed by atoms with Crippen molar-refractivity contribution in [1.29, 1.82) is 0 Å². The predicted octanol–water partition coefficient (Wildman–Crippen LogP) is 2.59. The summed E-state index contributed by atoms with van der Waals surface area (Å²) in [4.78, 5) is 23.2. The van der Waals surface area contributed by atoms with Crippen molar-refractivity contribution in [3.63, 3.8) is 0 Å². The first kappa shape index (κ1) is 21.6. The molecule has 0 radical (unpaired) electrons. The average Bonchev–Trinajstić information content (AvgIpc) is 3.47. The molecule has 3 N–H and O–H groups in total. The van der Waals surface area contributed by atoms with Crippen molar-refractivity contribution in [2.75, 3.05) is 23.3 Å². The molecular weight excluding hydrogens is 437 g/mol. The Hall–Kier alpha value is -4.28. The minimum absolute atomic E-state index is 0.0628. The Bertz CT molecular complexity index is 1290. The molecule has 0 atom stereocenters. The molecule has 4 aromatic heterocycles. The Morgan fingerprint density at radius 2 is 2.03 bits per heavy atom. The fourth-order valence-electron chi connectivity index (χ4n) is 3.75. The fraction of sp³-hybridized carbons (Fsp3) is 0.261. The van der Waals surface area contributed by atoms with Crippen molar-refractivity contribution >= 4 is 23.4 Å². The Balaban J connectivity index is 1.17. The number of nitrogens with one attached hydrogen (secondary N) is 3. The maximum atomic E-state index is 15.2. The van der Waals surface area contributed by atoms with E-state index in [0.717, 1.165) is 16.8 Å². The van der Waals surface area contributed by atoms with Crippen LogP contribution in [0.15, 0.2) is 55.0 Å². The third kappa shape index (κ3) is 4.45. The summed E-state index contributed by atoms with van der Waals surface area (Å²) in [5, 5.41) is 17.0. The highest BCUT2D eigenvalue weighted by atomic mass is 19.1. The molecule has 0 saturated carbocycles. The van der Waals surface area contributed by atoms with Crippen molar-refractivity contribution < 1.29 is 9.18 Å². The molecule has 174 valence electrons. The SMILES string of the molecule is Cc1cc(Nc2cc(C)[nH]n2)nc(N2CC(F)(C(=O)NCc3ccc(-n4cccn4)nc3)C2)c1. The normalized spacial score (nSPS) is 14.5. The van der Waals surface area contributed by atoms with Gasteiger partial charge >= 0.3 is 0 Å². The number of aromatic amines is 1. The third-order valence-corrected chi connectivity index (χ3v) is 5.53. The number of alkyl halides is 1. The van der Waals surface area contributed by atoms with Crippen LogP contribution in [0.1, 0.15) is 16.8 Å². The number of anilines is 3. The molecule has 1 fully saturated rings. The molecule has 34 heavy (non-hydrogen) atoms. The Kier molecular flexibility index (Phi) is 5.44. The van der Waals surface area contributed by atoms with Gasteiger partial charge in [-0.3, -0.25) is 9.89 Å². The van der Waals surface area contributed by atoms with Crippen LogP contribution < -0.4 is 15.5 Å². The van der Waals surface area contributed by atoms with Gasteiger partial charge in [-0.1, -0.05) is 6.07 Å². The quantitative estimate of drug-likeness (QED) is 0.387. The maximum absolute atomic E-state index is 15.2. The molecule has 1 aliphatic heterocycles. The van der Waals surface area contributed by atoms with Gasteiger partial charge in [0, 0.05) is 36.9 Å². The summed E-state index contributed by atoms with van der Waals surface area (Å²) in [6.07, 6.45) is 5.10. The van der Waals surface area contributed by atoms with Gasteiger partial charge in [0.25, 0.3) is 5.91 Å². The number of rotatable bonds is 7. The van der Waals surface area contributed by atoms with E-state index in [1.165, 1.54) is 0 Å². The zero-order chi connectivity index (χ0) is 23.7. The standard InChI is InChI=1S/C23H24FN9O/c1-15-8-18(28-19-10-16(2)30-31-19)29-21(9-15)32-13-23(24,14-32)22(34)26-12-17-4-5-20(25-11-17)33-7-3-6-27-33/h3-11H,12-14H2,1-2H3,(H,26,34)(H2,28,29,30,31). The Labute approximate surface area is 195 Å². The molecule has 10 nitrogen and oxygen atoms in total. The first-order valence-electron chi connectivity index (χ1n) is 10.8. The van der Waals surface area contributed by atoms with Crippen molar-refractivity contribution in [2.45, 2.75) is 26.1 Å². The molecule has 4 aromatic rings. The average molecular weight is 462 g/mol. The van der Waals surface area contributed by atoms with E-state index in [4.69, 9.17) is 0 Å². The maximum Gasteiger partial charge on any atom is 0.261 e. The van der Waals surface area contributed by atoms with Gasteiger partial charge in [-0.25, -0.2) is 19.0 Å². The molecule has 5 heterocycles. The van der Waals surface area contributed by atoms with Gasteiger partial charge in [0.1, 0.15) is 11.6 Å². The molecule has 1 aliphatic rings. The van der Waals surface area contributed by atoms with E-state index in [-0.39, 0.29) is 19.6 Å². The van der Waals surface area contributed by atoms with Crippen LogP contribution in [0.3, 0.4) is 0 Å². The lowest BCUT2D eigenvalue weighted by Crippen LogP contribution is -2.66. The lowest BCUT2D eigenvalue weighted by atomic mass is 9.95. The van der Waals surface area contributed by atoms with E-state index in [1.807, 2.05) is 44.2 Å². The number of aromatic nitrogens is 6. The lowest BCUT2D eigenvalue weighted by Gasteiger charge is -2.43. The van der Waals surface area contributed by atoms with Crippen molar-refractivity contribution in [3.8, 4) is 5.82 Å². The van der Waals surface area contributed by atoms with E-state index in [1.54, 1.807) is 34.2 Å². The number of carbonyl (C=O) groups excluding carboxylic acids is 1. The van der Waals surface area contributed by atoms with E-state index in [2.05, 4.69) is 35.9 Å². The highest BCUT2D eigenvalue weighted by molar-refractivity contribution is 5.88. The number of carbonyl (C=O) groups is 1. The highest BCUT2D eigenvalue weighted by Crippen LogP contribution is 2.31. The second-order valence-corrected chi connectivity index (χ2v) is 8.43. The van der Waals surface area contributed by atoms with Gasteiger partial charge in [0.15, 0.2) is 11.6 Å². The van der Waals surface area contributed by atoms with Crippen LogP contribution in [0.2, 0.25) is 0 Å². The predicted molar refractivity (Wildman–Crippen MR) is 125 cm³/mol. The molecular formula is C23H24FN9O. The number of H-pyrrole nitrogens is 1. The molecule has 1 amide bonds. The fourth-order valence-corrected chi connectivity index (χ4v) is 3.75. The topological polar surface area (TPSA) is 117 Å². The number of pyridine rings is 2. The number of nitrogens with zero attached hydrogens (tertiary/aromatic N) is 6. The largest absolute Gasteiger partial charge is 0.349 e. The van der Waals surface area contributed by atoms with Crippen LogP contribution >= 0.6 is 0 Å². The van der Waals surface area contributed by atoms with E-state index in [0.29, 0.717) is 23.3 Å². The Morgan fingerprint density at radius 1 is 1.18 bits per heavy atom. The van der Waals surface area contributed by atoms with Gasteiger partial charge in [0.2, 0.25) is 5.67 Å². The minimum atomic E-state index is -1.97. The molecule has 1 saturated heterocycles. The Morgan fingerprint density at radius 3 is 2.71 bits per heavy atom. The second-order valence-electron chi connectivity index (χ2n) is 8.43. The summed E-state index contributed by atoms with van der Waals surface area (Å²) in [6, 6.07) is 11.0. The van der Waals surface area contributed by atoms with E-state index in [9.17, 15) is 4.79 Å². The number of amides is 1. The molecule has 11 heteroatoms. The summed E-state index contributed by atoms with van der Waals surface area (Å²) < 4.78 is 16.8. The summed E-state index contributed by atoms with van der Waals surface area (Å²) in [5.74, 6) is 1.88. The van der Waals surface area contributed by atoms with Crippen molar-refractivity contribution in [2.24, 2.45) is 0 Å². The van der Waals surface area contributed by atoms with Crippen LogP contribution in [0.5, 0.6) is 0 Å². The zero-order valence-corrected chi connectivity index (χ0v) is 18.8. The number of aryl methyl sites for hydroxylation is 2. The molecule has 0 aromatic carbocycles. The third-order valence-electron chi connectivity index (χ3n) is 5.53.